The van der Waals surface area contributed by atoms with Gasteiger partial charge < -0.3 is 18.9 Å². The third-order valence-corrected chi connectivity index (χ3v) is 1.89. The van der Waals surface area contributed by atoms with Crippen LogP contribution in [0.15, 0.2) is 0 Å². The maximum Gasteiger partial charge on any atom is 0.306 e. The van der Waals surface area contributed by atoms with Crippen LogP contribution in [0.4, 0.5) is 0 Å². The van der Waals surface area contributed by atoms with Crippen LogP contribution in [0, 0.1) is 5.92 Å². The first-order valence-electron chi connectivity index (χ1n) is 4.30. The van der Waals surface area contributed by atoms with Gasteiger partial charge in [0.25, 0.3) is 0 Å². The Hall–Kier alpha value is -0.650. The van der Waals surface area contributed by atoms with Gasteiger partial charge in [-0.1, -0.05) is 0 Å². The largest absolute Gasteiger partial charge is 0.469 e. The van der Waals surface area contributed by atoms with Crippen LogP contribution < -0.4 is 0 Å². The summed E-state index contributed by atoms with van der Waals surface area (Å²) in [5.41, 5.74) is 0. The van der Waals surface area contributed by atoms with Crippen molar-refractivity contribution >= 4 is 5.97 Å². The lowest BCUT2D eigenvalue weighted by Crippen LogP contribution is -2.30. The average Bonchev–Trinajstić information content (AvgIpc) is 2.19. The Labute approximate surface area is 84.3 Å². The Balaban J connectivity index is 4.17. The number of carbonyl (C=O) groups excluding carboxylic acids is 1. The van der Waals surface area contributed by atoms with Crippen LogP contribution >= 0.6 is 0 Å². The summed E-state index contributed by atoms with van der Waals surface area (Å²) < 4.78 is 19.6. The summed E-state index contributed by atoms with van der Waals surface area (Å²) in [4.78, 5) is 11.0. The highest BCUT2D eigenvalue weighted by molar-refractivity contribution is 5.69. The molecule has 1 unspecified atom stereocenters. The van der Waals surface area contributed by atoms with Gasteiger partial charge in [0.1, 0.15) is 0 Å². The van der Waals surface area contributed by atoms with Gasteiger partial charge >= 0.3 is 5.97 Å². The molecule has 0 spiro atoms. The molecule has 1 atom stereocenters. The third kappa shape index (κ3) is 4.55. The highest BCUT2D eigenvalue weighted by Gasteiger charge is 2.24. The fraction of sp³-hybridized carbons (Fsp3) is 0.889. The molecule has 0 saturated carbocycles. The molecule has 0 fully saturated rings. The number of hydrogen-bond acceptors (Lipinski definition) is 5. The Bertz CT molecular complexity index is 155. The quantitative estimate of drug-likeness (QED) is 0.446. The smallest absolute Gasteiger partial charge is 0.306 e. The van der Waals surface area contributed by atoms with E-state index in [1.54, 1.807) is 7.11 Å². The minimum absolute atomic E-state index is 0.151. The Morgan fingerprint density at radius 2 is 1.71 bits per heavy atom. The number of ether oxygens (including phenoxy) is 4. The molecule has 84 valence electrons. The minimum atomic E-state index is -0.450. The molecule has 0 aliphatic carbocycles. The average molecular weight is 206 g/mol. The van der Waals surface area contributed by atoms with E-state index in [4.69, 9.17) is 14.2 Å². The van der Waals surface area contributed by atoms with E-state index in [9.17, 15) is 4.79 Å². The lowest BCUT2D eigenvalue weighted by atomic mass is 10.1. The maximum atomic E-state index is 11.0. The maximum absolute atomic E-state index is 11.0. The molecule has 0 aromatic carbocycles. The lowest BCUT2D eigenvalue weighted by molar-refractivity contribution is -0.164. The SMILES string of the molecule is COCC(CC(=O)OC)C(OC)OC. The highest BCUT2D eigenvalue weighted by atomic mass is 16.7. The summed E-state index contributed by atoms with van der Waals surface area (Å²) in [6.45, 7) is 0.390. The molecule has 14 heavy (non-hydrogen) atoms. The Morgan fingerprint density at radius 1 is 1.14 bits per heavy atom. The van der Waals surface area contributed by atoms with Gasteiger partial charge in [-0.3, -0.25) is 4.79 Å². The van der Waals surface area contributed by atoms with Crippen molar-refractivity contribution < 1.29 is 23.7 Å². The summed E-state index contributed by atoms with van der Waals surface area (Å²) in [6.07, 6.45) is -0.231. The second-order valence-electron chi connectivity index (χ2n) is 2.84. The van der Waals surface area contributed by atoms with Crippen molar-refractivity contribution in [1.29, 1.82) is 0 Å². The molecule has 0 rings (SSSR count). The van der Waals surface area contributed by atoms with Crippen molar-refractivity contribution in [3.05, 3.63) is 0 Å². The Morgan fingerprint density at radius 3 is 2.07 bits per heavy atom. The molecule has 0 saturated heterocycles. The van der Waals surface area contributed by atoms with E-state index in [1.165, 1.54) is 21.3 Å². The number of methoxy groups -OCH3 is 4. The lowest BCUT2D eigenvalue weighted by Gasteiger charge is -2.22. The predicted molar refractivity (Wildman–Crippen MR) is 49.8 cm³/mol. The fourth-order valence-electron chi connectivity index (χ4n) is 1.23. The first-order chi connectivity index (χ1) is 6.69. The zero-order valence-electron chi connectivity index (χ0n) is 9.11. The molecule has 0 bridgehead atoms. The number of carbonyl (C=O) groups is 1. The van der Waals surface area contributed by atoms with Crippen LogP contribution in [-0.4, -0.2) is 47.3 Å². The molecular weight excluding hydrogens is 188 g/mol. The van der Waals surface area contributed by atoms with Crippen molar-refractivity contribution in [2.45, 2.75) is 12.7 Å². The molecule has 0 aliphatic heterocycles. The highest BCUT2D eigenvalue weighted by Crippen LogP contribution is 2.14. The molecule has 0 N–H and O–H groups in total. The fourth-order valence-corrected chi connectivity index (χ4v) is 1.23. The first-order valence-corrected chi connectivity index (χ1v) is 4.30. The second kappa shape index (κ2) is 7.73. The summed E-state index contributed by atoms with van der Waals surface area (Å²) in [5, 5.41) is 0. The topological polar surface area (TPSA) is 54.0 Å². The normalized spacial score (nSPS) is 12.9. The van der Waals surface area contributed by atoms with Crippen LogP contribution in [0.5, 0.6) is 0 Å². The molecule has 0 aromatic heterocycles. The van der Waals surface area contributed by atoms with E-state index in [0.29, 0.717) is 6.61 Å². The van der Waals surface area contributed by atoms with Gasteiger partial charge in [-0.15, -0.1) is 0 Å². The van der Waals surface area contributed by atoms with Gasteiger partial charge in [0.05, 0.1) is 20.1 Å². The molecule has 5 heteroatoms. The van der Waals surface area contributed by atoms with E-state index in [0.717, 1.165) is 0 Å². The van der Waals surface area contributed by atoms with Gasteiger partial charge in [0, 0.05) is 27.2 Å². The molecule has 0 heterocycles. The van der Waals surface area contributed by atoms with Crippen LogP contribution in [0.1, 0.15) is 6.42 Å². The zero-order valence-corrected chi connectivity index (χ0v) is 9.11. The van der Waals surface area contributed by atoms with Crippen molar-refractivity contribution in [3.63, 3.8) is 0 Å². The van der Waals surface area contributed by atoms with E-state index in [2.05, 4.69) is 4.74 Å². The van der Waals surface area contributed by atoms with E-state index in [1.807, 2.05) is 0 Å². The second-order valence-corrected chi connectivity index (χ2v) is 2.84. The van der Waals surface area contributed by atoms with Crippen molar-refractivity contribution in [2.75, 3.05) is 35.0 Å². The monoisotopic (exact) mass is 206 g/mol. The zero-order chi connectivity index (χ0) is 11.0. The summed E-state index contributed by atoms with van der Waals surface area (Å²) in [5.74, 6) is -0.450. The molecule has 0 amide bonds. The molecule has 0 aliphatic rings. The van der Waals surface area contributed by atoms with Crippen LogP contribution in [0.2, 0.25) is 0 Å². The Kier molecular flexibility index (Phi) is 7.37. The number of esters is 1. The number of rotatable bonds is 7. The van der Waals surface area contributed by atoms with Gasteiger partial charge in [-0.25, -0.2) is 0 Å². The first kappa shape index (κ1) is 13.4. The standard InChI is InChI=1S/C9H18O5/c1-11-6-7(5-8(10)12-2)9(13-3)14-4/h7,9H,5-6H2,1-4H3. The summed E-state index contributed by atoms with van der Waals surface area (Å²) in [6, 6.07) is 0. The molecule has 5 nitrogen and oxygen atoms in total. The number of hydrogen-bond donors (Lipinski definition) is 0. The van der Waals surface area contributed by atoms with E-state index in [-0.39, 0.29) is 18.3 Å². The van der Waals surface area contributed by atoms with Gasteiger partial charge in [0.2, 0.25) is 0 Å². The summed E-state index contributed by atoms with van der Waals surface area (Å²) in [7, 11) is 5.95. The van der Waals surface area contributed by atoms with Crippen molar-refractivity contribution in [2.24, 2.45) is 5.92 Å². The molecule has 0 radical (unpaired) electrons. The van der Waals surface area contributed by atoms with Crippen LogP contribution in [-0.2, 0) is 23.7 Å². The van der Waals surface area contributed by atoms with Crippen molar-refractivity contribution in [3.8, 4) is 0 Å². The molecule has 0 aromatic rings. The minimum Gasteiger partial charge on any atom is -0.469 e. The van der Waals surface area contributed by atoms with Gasteiger partial charge in [-0.2, -0.15) is 0 Å². The predicted octanol–water partition coefficient (Wildman–Crippen LogP) is 0.431. The van der Waals surface area contributed by atoms with Gasteiger partial charge in [0.15, 0.2) is 6.29 Å². The van der Waals surface area contributed by atoms with Crippen LogP contribution in [0.25, 0.3) is 0 Å². The van der Waals surface area contributed by atoms with E-state index < -0.39 is 6.29 Å². The van der Waals surface area contributed by atoms with Crippen LogP contribution in [0.3, 0.4) is 0 Å². The van der Waals surface area contributed by atoms with E-state index >= 15 is 0 Å². The summed E-state index contributed by atoms with van der Waals surface area (Å²) >= 11 is 0. The third-order valence-electron chi connectivity index (χ3n) is 1.89. The van der Waals surface area contributed by atoms with Crippen molar-refractivity contribution in [1.82, 2.24) is 0 Å². The van der Waals surface area contributed by atoms with Gasteiger partial charge in [-0.05, 0) is 0 Å². The molecular formula is C9H18O5.